The minimum Gasteiger partial charge on any atom is -0.467 e. The number of carbonyl (C=O) groups is 2. The van der Waals surface area contributed by atoms with Crippen LogP contribution in [0.2, 0.25) is 0 Å². The van der Waals surface area contributed by atoms with Crippen LogP contribution >= 0.6 is 0 Å². The van der Waals surface area contributed by atoms with Gasteiger partial charge in [-0.05, 0) is 0 Å². The predicted molar refractivity (Wildman–Crippen MR) is 35.1 cm³/mol. The Morgan fingerprint density at radius 2 is 2.42 bits per heavy atom. The lowest BCUT2D eigenvalue weighted by Gasteiger charge is -2.43. The molecule has 0 spiro atoms. The normalized spacial score (nSPS) is 28.2. The quantitative estimate of drug-likeness (QED) is 0.303. The minimum absolute atomic E-state index is 0.207. The fourth-order valence-electron chi connectivity index (χ4n) is 1.08. The molecule has 0 aromatic rings. The molecule has 1 fully saturated rings. The first-order chi connectivity index (χ1) is 5.58. The molecule has 1 unspecified atom stereocenters. The molecule has 1 heterocycles. The van der Waals surface area contributed by atoms with Crippen LogP contribution < -0.4 is 0 Å². The fourth-order valence-corrected chi connectivity index (χ4v) is 1.08. The molecule has 1 aliphatic heterocycles. The van der Waals surface area contributed by atoms with Crippen LogP contribution in [-0.2, 0) is 14.3 Å². The number of ether oxygens (including phenoxy) is 1. The fraction of sp³-hybridized carbons (Fsp3) is 0.667. The second kappa shape index (κ2) is 2.72. The zero-order valence-corrected chi connectivity index (χ0v) is 6.48. The van der Waals surface area contributed by atoms with Crippen molar-refractivity contribution < 1.29 is 24.6 Å². The Labute approximate surface area is 68.3 Å². The lowest BCUT2D eigenvalue weighted by Crippen LogP contribution is -2.68. The van der Waals surface area contributed by atoms with Gasteiger partial charge < -0.3 is 9.84 Å². The molecule has 68 valence electrons. The van der Waals surface area contributed by atoms with Crippen LogP contribution in [0, 0.1) is 0 Å². The highest BCUT2D eigenvalue weighted by Crippen LogP contribution is 2.30. The van der Waals surface area contributed by atoms with Crippen molar-refractivity contribution in [1.29, 1.82) is 0 Å². The second-order valence-corrected chi connectivity index (χ2v) is 2.56. The molecule has 0 aromatic heterocycles. The number of aliphatic hydroxyl groups is 1. The Hall–Kier alpha value is -1.14. The maximum atomic E-state index is 11.0. The molecule has 1 amide bonds. The number of hydroxylamine groups is 2. The molecule has 1 aliphatic rings. The number of rotatable bonds is 2. The summed E-state index contributed by atoms with van der Waals surface area (Å²) in [6.07, 6.45) is -0.216. The molecule has 12 heavy (non-hydrogen) atoms. The largest absolute Gasteiger partial charge is 0.467 e. The van der Waals surface area contributed by atoms with Gasteiger partial charge in [0.15, 0.2) is 5.54 Å². The van der Waals surface area contributed by atoms with Gasteiger partial charge in [-0.25, -0.2) is 9.86 Å². The van der Waals surface area contributed by atoms with E-state index in [1.165, 1.54) is 0 Å². The van der Waals surface area contributed by atoms with E-state index in [4.69, 9.17) is 10.3 Å². The number of amides is 1. The van der Waals surface area contributed by atoms with Crippen molar-refractivity contribution in [1.82, 2.24) is 5.06 Å². The smallest absolute Gasteiger partial charge is 0.337 e. The Morgan fingerprint density at radius 3 is 2.67 bits per heavy atom. The zero-order chi connectivity index (χ0) is 9.35. The third-order valence-corrected chi connectivity index (χ3v) is 1.91. The number of aliphatic hydroxyl groups excluding tert-OH is 1. The number of methoxy groups -OCH3 is 1. The van der Waals surface area contributed by atoms with Crippen LogP contribution in [0.3, 0.4) is 0 Å². The summed E-state index contributed by atoms with van der Waals surface area (Å²) >= 11 is 0. The first-order valence-electron chi connectivity index (χ1n) is 3.29. The Balaban J connectivity index is 2.80. The van der Waals surface area contributed by atoms with Crippen molar-refractivity contribution in [2.24, 2.45) is 0 Å². The third-order valence-electron chi connectivity index (χ3n) is 1.91. The Bertz CT molecular complexity index is 228. The van der Waals surface area contributed by atoms with Crippen molar-refractivity contribution in [2.75, 3.05) is 13.7 Å². The van der Waals surface area contributed by atoms with Gasteiger partial charge in [-0.15, -0.1) is 0 Å². The summed E-state index contributed by atoms with van der Waals surface area (Å²) in [6, 6.07) is 0. The van der Waals surface area contributed by atoms with E-state index in [9.17, 15) is 9.59 Å². The molecule has 1 rings (SSSR count). The molecule has 0 bridgehead atoms. The molecule has 0 aliphatic carbocycles. The van der Waals surface area contributed by atoms with Gasteiger partial charge >= 0.3 is 5.97 Å². The number of esters is 1. The number of nitrogens with zero attached hydrogens (tertiary/aromatic N) is 1. The van der Waals surface area contributed by atoms with Crippen molar-refractivity contribution in [2.45, 2.75) is 12.0 Å². The van der Waals surface area contributed by atoms with E-state index in [1.54, 1.807) is 0 Å². The minimum atomic E-state index is -1.56. The molecule has 1 atom stereocenters. The van der Waals surface area contributed by atoms with Crippen LogP contribution in [0.25, 0.3) is 0 Å². The highest BCUT2D eigenvalue weighted by molar-refractivity contribution is 5.98. The SMILES string of the molecule is COC(=O)C1(CO)CC(=O)N1O. The standard InChI is InChI=1S/C6H9NO5/c1-12-5(10)6(3-8)2-4(9)7(6)11/h8,11H,2-3H2,1H3. The molecule has 0 radical (unpaired) electrons. The van der Waals surface area contributed by atoms with Gasteiger partial charge in [0.1, 0.15) is 0 Å². The zero-order valence-electron chi connectivity index (χ0n) is 6.48. The molecule has 1 saturated heterocycles. The predicted octanol–water partition coefficient (Wildman–Crippen LogP) is -1.49. The van der Waals surface area contributed by atoms with Gasteiger partial charge in [0.2, 0.25) is 5.91 Å². The number of hydrogen-bond donors (Lipinski definition) is 2. The van der Waals surface area contributed by atoms with Gasteiger partial charge in [-0.3, -0.25) is 10.0 Å². The van der Waals surface area contributed by atoms with E-state index in [-0.39, 0.29) is 11.5 Å². The summed E-state index contributed by atoms with van der Waals surface area (Å²) in [5.74, 6) is -1.42. The van der Waals surface area contributed by atoms with Gasteiger partial charge in [-0.2, -0.15) is 0 Å². The summed E-state index contributed by atoms with van der Waals surface area (Å²) in [5, 5.41) is 17.9. The lowest BCUT2D eigenvalue weighted by molar-refractivity contribution is -0.242. The average molecular weight is 175 g/mol. The van der Waals surface area contributed by atoms with Crippen molar-refractivity contribution in [3.63, 3.8) is 0 Å². The first kappa shape index (κ1) is 8.95. The number of β-lactam (4-membered cyclic amide) rings is 1. The van der Waals surface area contributed by atoms with Crippen molar-refractivity contribution in [3.05, 3.63) is 0 Å². The maximum absolute atomic E-state index is 11.0. The Kier molecular flexibility index (Phi) is 2.03. The van der Waals surface area contributed by atoms with E-state index < -0.39 is 24.0 Å². The van der Waals surface area contributed by atoms with E-state index in [2.05, 4.69) is 4.74 Å². The molecular weight excluding hydrogens is 166 g/mol. The Morgan fingerprint density at radius 1 is 1.83 bits per heavy atom. The number of hydrogen-bond acceptors (Lipinski definition) is 5. The van der Waals surface area contributed by atoms with Crippen LogP contribution in [0.4, 0.5) is 0 Å². The van der Waals surface area contributed by atoms with Gasteiger partial charge in [-0.1, -0.05) is 0 Å². The van der Waals surface area contributed by atoms with E-state index in [0.29, 0.717) is 0 Å². The molecule has 6 nitrogen and oxygen atoms in total. The topological polar surface area (TPSA) is 87.1 Å². The van der Waals surface area contributed by atoms with E-state index in [1.807, 2.05) is 0 Å². The molecule has 0 saturated carbocycles. The average Bonchev–Trinajstić information content (AvgIpc) is 2.11. The van der Waals surface area contributed by atoms with E-state index in [0.717, 1.165) is 7.11 Å². The molecule has 2 N–H and O–H groups in total. The summed E-state index contributed by atoms with van der Waals surface area (Å²) in [5.41, 5.74) is -1.56. The van der Waals surface area contributed by atoms with Crippen LogP contribution in [0.15, 0.2) is 0 Å². The summed E-state index contributed by atoms with van der Waals surface area (Å²) in [6.45, 7) is -0.637. The number of carbonyl (C=O) groups excluding carboxylic acids is 2. The first-order valence-corrected chi connectivity index (χ1v) is 3.29. The third kappa shape index (κ3) is 0.886. The van der Waals surface area contributed by atoms with Crippen LogP contribution in [0.5, 0.6) is 0 Å². The molecule has 6 heteroatoms. The van der Waals surface area contributed by atoms with Crippen molar-refractivity contribution in [3.8, 4) is 0 Å². The second-order valence-electron chi connectivity index (χ2n) is 2.56. The maximum Gasteiger partial charge on any atom is 0.337 e. The van der Waals surface area contributed by atoms with Crippen molar-refractivity contribution >= 4 is 11.9 Å². The molecular formula is C6H9NO5. The summed E-state index contributed by atoms with van der Waals surface area (Å²) in [7, 11) is 1.12. The lowest BCUT2D eigenvalue weighted by atomic mass is 9.87. The highest BCUT2D eigenvalue weighted by atomic mass is 16.6. The van der Waals surface area contributed by atoms with Crippen LogP contribution in [-0.4, -0.2) is 46.5 Å². The monoisotopic (exact) mass is 175 g/mol. The van der Waals surface area contributed by atoms with Gasteiger partial charge in [0.05, 0.1) is 20.1 Å². The van der Waals surface area contributed by atoms with Crippen LogP contribution in [0.1, 0.15) is 6.42 Å². The van der Waals surface area contributed by atoms with E-state index >= 15 is 0 Å². The summed E-state index contributed by atoms with van der Waals surface area (Å²) in [4.78, 5) is 21.5. The van der Waals surface area contributed by atoms with Gasteiger partial charge in [0, 0.05) is 0 Å². The molecule has 0 aromatic carbocycles. The summed E-state index contributed by atoms with van der Waals surface area (Å²) < 4.78 is 4.31. The van der Waals surface area contributed by atoms with Gasteiger partial charge in [0.25, 0.3) is 0 Å². The highest BCUT2D eigenvalue weighted by Gasteiger charge is 2.57.